The maximum Gasteiger partial charge on any atom is 0.255 e. The Morgan fingerprint density at radius 3 is 2.55 bits per heavy atom. The van der Waals surface area contributed by atoms with E-state index in [1.54, 1.807) is 4.68 Å². The van der Waals surface area contributed by atoms with Gasteiger partial charge in [-0.25, -0.2) is 4.68 Å². The van der Waals surface area contributed by atoms with Crippen molar-refractivity contribution in [2.45, 2.75) is 6.92 Å². The minimum atomic E-state index is -0.0828. The molecule has 150 valence electrons. The molecule has 0 bridgehead atoms. The highest BCUT2D eigenvalue weighted by molar-refractivity contribution is 6.00. The number of aromatic nitrogens is 2. The van der Waals surface area contributed by atoms with Crippen molar-refractivity contribution in [2.75, 3.05) is 39.3 Å². The first-order chi connectivity index (χ1) is 14.2. The number of hydrogen-bond donors (Lipinski definition) is 2. The predicted molar refractivity (Wildman–Crippen MR) is 115 cm³/mol. The van der Waals surface area contributed by atoms with E-state index in [0.717, 1.165) is 49.5 Å². The molecule has 0 spiro atoms. The van der Waals surface area contributed by atoms with Gasteiger partial charge < -0.3 is 10.6 Å². The molecule has 1 fully saturated rings. The molecule has 0 saturated carbocycles. The van der Waals surface area contributed by atoms with E-state index in [4.69, 9.17) is 5.10 Å². The zero-order valence-corrected chi connectivity index (χ0v) is 16.8. The molecule has 29 heavy (non-hydrogen) atoms. The molecule has 3 aromatic rings. The standard InChI is InChI=1S/C23H27N5O/c1-18-7-5-6-10-20(18)22-21(17-28(26-22)19-8-3-2-4-9-19)23(29)25-13-16-27-14-11-24-12-15-27/h2-10,17,24H,11-16H2,1H3,(H,25,29). The van der Waals surface area contributed by atoms with Crippen molar-refractivity contribution in [3.63, 3.8) is 0 Å². The first kappa shape index (κ1) is 19.4. The van der Waals surface area contributed by atoms with Gasteiger partial charge in [-0.15, -0.1) is 0 Å². The molecule has 2 aromatic carbocycles. The molecule has 0 aliphatic carbocycles. The zero-order valence-electron chi connectivity index (χ0n) is 16.8. The SMILES string of the molecule is Cc1ccccc1-c1nn(-c2ccccc2)cc1C(=O)NCCN1CCNCC1. The lowest BCUT2D eigenvalue weighted by Gasteiger charge is -2.27. The summed E-state index contributed by atoms with van der Waals surface area (Å²) in [6.45, 7) is 7.60. The Labute approximate surface area is 171 Å². The van der Waals surface area contributed by atoms with E-state index in [1.807, 2.05) is 67.7 Å². The second-order valence-electron chi connectivity index (χ2n) is 7.33. The van der Waals surface area contributed by atoms with Crippen LogP contribution in [0.1, 0.15) is 15.9 Å². The van der Waals surface area contributed by atoms with Gasteiger partial charge in [0, 0.05) is 51.0 Å². The normalized spacial score (nSPS) is 14.7. The highest BCUT2D eigenvalue weighted by Crippen LogP contribution is 2.26. The number of nitrogens with one attached hydrogen (secondary N) is 2. The van der Waals surface area contributed by atoms with Crippen molar-refractivity contribution in [2.24, 2.45) is 0 Å². The summed E-state index contributed by atoms with van der Waals surface area (Å²) < 4.78 is 1.78. The fourth-order valence-corrected chi connectivity index (χ4v) is 3.65. The van der Waals surface area contributed by atoms with Crippen LogP contribution in [0.15, 0.2) is 60.8 Å². The van der Waals surface area contributed by atoms with Gasteiger partial charge in [0.25, 0.3) is 5.91 Å². The van der Waals surface area contributed by atoms with Crippen LogP contribution in [-0.4, -0.2) is 59.9 Å². The smallest absolute Gasteiger partial charge is 0.255 e. The Kier molecular flexibility index (Phi) is 6.03. The van der Waals surface area contributed by atoms with E-state index in [0.29, 0.717) is 17.8 Å². The average molecular weight is 390 g/mol. The molecule has 1 aliphatic rings. The number of hydrogen-bond acceptors (Lipinski definition) is 4. The Balaban J connectivity index is 1.58. The predicted octanol–water partition coefficient (Wildman–Crippen LogP) is 2.48. The first-order valence-electron chi connectivity index (χ1n) is 10.1. The summed E-state index contributed by atoms with van der Waals surface area (Å²) >= 11 is 0. The lowest BCUT2D eigenvalue weighted by Crippen LogP contribution is -2.46. The van der Waals surface area contributed by atoms with Crippen LogP contribution >= 0.6 is 0 Å². The highest BCUT2D eigenvalue weighted by Gasteiger charge is 2.20. The topological polar surface area (TPSA) is 62.2 Å². The minimum Gasteiger partial charge on any atom is -0.351 e. The van der Waals surface area contributed by atoms with Crippen LogP contribution in [0, 0.1) is 6.92 Å². The molecular formula is C23H27N5O. The number of para-hydroxylation sites is 1. The summed E-state index contributed by atoms with van der Waals surface area (Å²) in [7, 11) is 0. The number of aryl methyl sites for hydroxylation is 1. The van der Waals surface area contributed by atoms with Crippen molar-refractivity contribution >= 4 is 5.91 Å². The van der Waals surface area contributed by atoms with Gasteiger partial charge in [-0.2, -0.15) is 5.10 Å². The third-order valence-electron chi connectivity index (χ3n) is 5.30. The molecule has 6 nitrogen and oxygen atoms in total. The molecule has 6 heteroatoms. The van der Waals surface area contributed by atoms with Gasteiger partial charge in [0.05, 0.1) is 11.3 Å². The second kappa shape index (κ2) is 9.03. The Bertz CT molecular complexity index is 960. The number of piperazine rings is 1. The minimum absolute atomic E-state index is 0.0828. The third-order valence-corrected chi connectivity index (χ3v) is 5.30. The van der Waals surface area contributed by atoms with Crippen molar-refractivity contribution in [3.8, 4) is 16.9 Å². The molecule has 1 aliphatic heterocycles. The van der Waals surface area contributed by atoms with Crippen molar-refractivity contribution < 1.29 is 4.79 Å². The van der Waals surface area contributed by atoms with E-state index in [9.17, 15) is 4.79 Å². The van der Waals surface area contributed by atoms with Crippen LogP contribution in [0.4, 0.5) is 0 Å². The van der Waals surface area contributed by atoms with E-state index in [-0.39, 0.29) is 5.91 Å². The molecule has 1 saturated heterocycles. The fourth-order valence-electron chi connectivity index (χ4n) is 3.65. The Morgan fingerprint density at radius 2 is 1.79 bits per heavy atom. The van der Waals surface area contributed by atoms with Crippen molar-refractivity contribution in [1.29, 1.82) is 0 Å². The van der Waals surface area contributed by atoms with Gasteiger partial charge in [-0.05, 0) is 24.6 Å². The number of rotatable bonds is 6. The number of nitrogens with zero attached hydrogens (tertiary/aromatic N) is 3. The van der Waals surface area contributed by atoms with Crippen molar-refractivity contribution in [1.82, 2.24) is 25.3 Å². The molecule has 2 heterocycles. The lowest BCUT2D eigenvalue weighted by atomic mass is 10.0. The number of carbonyl (C=O) groups excluding carboxylic acids is 1. The zero-order chi connectivity index (χ0) is 20.1. The summed E-state index contributed by atoms with van der Waals surface area (Å²) in [5.41, 5.74) is 4.33. The second-order valence-corrected chi connectivity index (χ2v) is 7.33. The van der Waals surface area contributed by atoms with Gasteiger partial charge in [0.2, 0.25) is 0 Å². The Morgan fingerprint density at radius 1 is 1.07 bits per heavy atom. The molecule has 1 aromatic heterocycles. The van der Waals surface area contributed by atoms with Crippen LogP contribution in [-0.2, 0) is 0 Å². The maximum atomic E-state index is 13.0. The number of carbonyl (C=O) groups is 1. The summed E-state index contributed by atoms with van der Waals surface area (Å²) in [6.07, 6.45) is 1.83. The summed E-state index contributed by atoms with van der Waals surface area (Å²) in [5.74, 6) is -0.0828. The largest absolute Gasteiger partial charge is 0.351 e. The van der Waals surface area contributed by atoms with E-state index in [1.165, 1.54) is 0 Å². The number of amides is 1. The summed E-state index contributed by atoms with van der Waals surface area (Å²) in [4.78, 5) is 15.4. The quantitative estimate of drug-likeness (QED) is 0.680. The monoisotopic (exact) mass is 389 g/mol. The van der Waals surface area contributed by atoms with Crippen molar-refractivity contribution in [3.05, 3.63) is 71.9 Å². The van der Waals surface area contributed by atoms with Gasteiger partial charge in [0.15, 0.2) is 0 Å². The molecule has 1 amide bonds. The lowest BCUT2D eigenvalue weighted by molar-refractivity contribution is 0.0948. The van der Waals surface area contributed by atoms with Gasteiger partial charge in [-0.1, -0.05) is 42.5 Å². The maximum absolute atomic E-state index is 13.0. The Hall–Kier alpha value is -2.96. The molecule has 2 N–H and O–H groups in total. The number of benzene rings is 2. The molecule has 0 radical (unpaired) electrons. The van der Waals surface area contributed by atoms with Crippen LogP contribution in [0.2, 0.25) is 0 Å². The first-order valence-corrected chi connectivity index (χ1v) is 10.1. The fraction of sp³-hybridized carbons (Fsp3) is 0.304. The van der Waals surface area contributed by atoms with E-state index in [2.05, 4.69) is 15.5 Å². The summed E-state index contributed by atoms with van der Waals surface area (Å²) in [6, 6.07) is 17.9. The molecule has 0 unspecified atom stereocenters. The van der Waals surface area contributed by atoms with E-state index < -0.39 is 0 Å². The van der Waals surface area contributed by atoms with E-state index >= 15 is 0 Å². The van der Waals surface area contributed by atoms with Crippen LogP contribution in [0.25, 0.3) is 16.9 Å². The summed E-state index contributed by atoms with van der Waals surface area (Å²) in [5, 5.41) is 11.2. The highest BCUT2D eigenvalue weighted by atomic mass is 16.1. The molecule has 0 atom stereocenters. The average Bonchev–Trinajstić information content (AvgIpc) is 3.21. The third kappa shape index (κ3) is 4.55. The van der Waals surface area contributed by atoms with Crippen LogP contribution in [0.5, 0.6) is 0 Å². The van der Waals surface area contributed by atoms with Gasteiger partial charge >= 0.3 is 0 Å². The van der Waals surface area contributed by atoms with Gasteiger partial charge in [0.1, 0.15) is 5.69 Å². The molecule has 4 rings (SSSR count). The van der Waals surface area contributed by atoms with Crippen LogP contribution < -0.4 is 10.6 Å². The molecular weight excluding hydrogens is 362 g/mol. The van der Waals surface area contributed by atoms with Gasteiger partial charge in [-0.3, -0.25) is 9.69 Å². The van der Waals surface area contributed by atoms with Crippen LogP contribution in [0.3, 0.4) is 0 Å².